The lowest BCUT2D eigenvalue weighted by molar-refractivity contribution is -0.385. The number of hydrogen-bond donors (Lipinski definition) is 0. The van der Waals surface area contributed by atoms with Crippen molar-refractivity contribution in [2.45, 2.75) is 24.8 Å². The first kappa shape index (κ1) is 27.9. The zero-order valence-electron chi connectivity index (χ0n) is 20.3. The summed E-state index contributed by atoms with van der Waals surface area (Å²) in [5, 5.41) is 11.4. The lowest BCUT2D eigenvalue weighted by Gasteiger charge is -2.35. The first-order valence-corrected chi connectivity index (χ1v) is 14.8. The predicted molar refractivity (Wildman–Crippen MR) is 135 cm³/mol. The van der Waals surface area contributed by atoms with Crippen LogP contribution in [0.5, 0.6) is 0 Å². The molecule has 0 unspecified atom stereocenters. The van der Waals surface area contributed by atoms with Gasteiger partial charge in [0.1, 0.15) is 4.90 Å². The van der Waals surface area contributed by atoms with Gasteiger partial charge >= 0.3 is 0 Å². The predicted octanol–water partition coefficient (Wildman–Crippen LogP) is 1.69. The summed E-state index contributed by atoms with van der Waals surface area (Å²) in [5.41, 5.74) is 0.968. The zero-order chi connectivity index (χ0) is 26.3. The Labute approximate surface area is 211 Å². The van der Waals surface area contributed by atoms with Crippen molar-refractivity contribution in [3.05, 3.63) is 58.4 Å². The number of non-ortho nitro benzene ring substituents is 1. The van der Waals surface area contributed by atoms with E-state index in [1.807, 2.05) is 19.1 Å². The van der Waals surface area contributed by atoms with Crippen LogP contribution >= 0.6 is 0 Å². The second-order valence-electron chi connectivity index (χ2n) is 8.46. The zero-order valence-corrected chi connectivity index (χ0v) is 21.9. The minimum Gasteiger partial charge on any atom is -0.368 e. The highest BCUT2D eigenvalue weighted by molar-refractivity contribution is 7.89. The first-order valence-electron chi connectivity index (χ1n) is 11.5. The standard InChI is InChI=1S/C22H31N5O7S2/c1-3-9-25(14-15-34-35(2,30)31)21-7-6-20(27(28)29)16-22(21)36(32,33)26-12-10-24(11-13-26)18-19-5-4-8-23-17-19/h4-8,16-17H,3,9-15,18H2,1-2H3. The third-order valence-electron chi connectivity index (χ3n) is 5.73. The van der Waals surface area contributed by atoms with E-state index in [0.29, 0.717) is 32.6 Å². The van der Waals surface area contributed by atoms with E-state index >= 15 is 0 Å². The van der Waals surface area contributed by atoms with Crippen LogP contribution in [0.2, 0.25) is 0 Å². The molecule has 1 aliphatic rings. The van der Waals surface area contributed by atoms with Crippen molar-refractivity contribution >= 4 is 31.5 Å². The molecule has 1 saturated heterocycles. The minimum absolute atomic E-state index is 0.0974. The van der Waals surface area contributed by atoms with Crippen LogP contribution < -0.4 is 4.90 Å². The van der Waals surface area contributed by atoms with E-state index in [2.05, 4.69) is 9.88 Å². The SMILES string of the molecule is CCCN(CCOS(C)(=O)=O)c1ccc([N+](=O)[O-])cc1S(=O)(=O)N1CCN(Cc2cccnc2)CC1. The first-order chi connectivity index (χ1) is 17.0. The van der Waals surface area contributed by atoms with Gasteiger partial charge in [-0.15, -0.1) is 0 Å². The van der Waals surface area contributed by atoms with E-state index in [4.69, 9.17) is 4.18 Å². The Kier molecular flexibility index (Phi) is 9.35. The Morgan fingerprint density at radius 2 is 1.83 bits per heavy atom. The highest BCUT2D eigenvalue weighted by atomic mass is 32.2. The monoisotopic (exact) mass is 541 g/mol. The number of sulfonamides is 1. The van der Waals surface area contributed by atoms with Gasteiger partial charge in [0.15, 0.2) is 0 Å². The minimum atomic E-state index is -4.07. The van der Waals surface area contributed by atoms with Gasteiger partial charge in [-0.25, -0.2) is 8.42 Å². The van der Waals surface area contributed by atoms with Crippen molar-refractivity contribution in [2.75, 3.05) is 57.0 Å². The quantitative estimate of drug-likeness (QED) is 0.221. The fraction of sp³-hybridized carbons (Fsp3) is 0.500. The number of nitrogens with zero attached hydrogens (tertiary/aromatic N) is 5. The van der Waals surface area contributed by atoms with Crippen molar-refractivity contribution in [1.29, 1.82) is 0 Å². The number of anilines is 1. The van der Waals surface area contributed by atoms with Gasteiger partial charge in [0.05, 0.1) is 23.5 Å². The fourth-order valence-corrected chi connectivity index (χ4v) is 6.05. The molecule has 0 amide bonds. The number of rotatable bonds is 12. The van der Waals surface area contributed by atoms with Crippen LogP contribution in [0.4, 0.5) is 11.4 Å². The van der Waals surface area contributed by atoms with Gasteiger partial charge in [-0.3, -0.25) is 24.2 Å². The molecule has 198 valence electrons. The largest absolute Gasteiger partial charge is 0.368 e. The van der Waals surface area contributed by atoms with Crippen LogP contribution in [0.25, 0.3) is 0 Å². The Hall–Kier alpha value is -2.65. The summed E-state index contributed by atoms with van der Waals surface area (Å²) in [4.78, 5) is 18.6. The molecule has 0 radical (unpaired) electrons. The van der Waals surface area contributed by atoms with Crippen LogP contribution in [-0.4, -0.2) is 88.1 Å². The molecule has 1 aromatic carbocycles. The Morgan fingerprint density at radius 3 is 2.42 bits per heavy atom. The highest BCUT2D eigenvalue weighted by Gasteiger charge is 2.33. The van der Waals surface area contributed by atoms with E-state index in [1.54, 1.807) is 17.3 Å². The number of pyridine rings is 1. The van der Waals surface area contributed by atoms with Gasteiger partial charge in [0, 0.05) is 70.3 Å². The average Bonchev–Trinajstić information content (AvgIpc) is 2.83. The van der Waals surface area contributed by atoms with Crippen LogP contribution in [0.15, 0.2) is 47.6 Å². The molecule has 3 rings (SSSR count). The second-order valence-corrected chi connectivity index (χ2v) is 12.0. The molecule has 1 fully saturated rings. The van der Waals surface area contributed by atoms with E-state index in [1.165, 1.54) is 16.4 Å². The molecule has 0 N–H and O–H groups in total. The number of benzene rings is 1. The summed E-state index contributed by atoms with van der Waals surface area (Å²) in [5.74, 6) is 0. The van der Waals surface area contributed by atoms with Gasteiger partial charge in [-0.2, -0.15) is 12.7 Å². The van der Waals surface area contributed by atoms with Crippen molar-refractivity contribution in [1.82, 2.24) is 14.2 Å². The molecule has 0 aliphatic carbocycles. The van der Waals surface area contributed by atoms with E-state index in [-0.39, 0.29) is 42.5 Å². The van der Waals surface area contributed by atoms with Crippen LogP contribution in [0, 0.1) is 10.1 Å². The maximum Gasteiger partial charge on any atom is 0.270 e. The summed E-state index contributed by atoms with van der Waals surface area (Å²) >= 11 is 0. The molecule has 2 heterocycles. The summed E-state index contributed by atoms with van der Waals surface area (Å²) in [7, 11) is -7.74. The van der Waals surface area contributed by atoms with Crippen LogP contribution in [0.3, 0.4) is 0 Å². The van der Waals surface area contributed by atoms with Crippen molar-refractivity contribution in [3.8, 4) is 0 Å². The van der Waals surface area contributed by atoms with Crippen molar-refractivity contribution in [3.63, 3.8) is 0 Å². The molecular weight excluding hydrogens is 510 g/mol. The molecule has 12 nitrogen and oxygen atoms in total. The maximum atomic E-state index is 13.7. The number of hydrogen-bond acceptors (Lipinski definition) is 10. The fourth-order valence-electron chi connectivity index (χ4n) is 4.02. The maximum absolute atomic E-state index is 13.7. The summed E-state index contributed by atoms with van der Waals surface area (Å²) < 4.78 is 56.4. The molecule has 0 saturated carbocycles. The summed E-state index contributed by atoms with van der Waals surface area (Å²) in [6.07, 6.45) is 5.04. The summed E-state index contributed by atoms with van der Waals surface area (Å²) in [6, 6.07) is 7.54. The van der Waals surface area contributed by atoms with Crippen LogP contribution in [-0.2, 0) is 30.9 Å². The van der Waals surface area contributed by atoms with Gasteiger partial charge in [0.25, 0.3) is 15.8 Å². The molecule has 36 heavy (non-hydrogen) atoms. The average molecular weight is 542 g/mol. The Morgan fingerprint density at radius 1 is 1.11 bits per heavy atom. The molecule has 0 spiro atoms. The third kappa shape index (κ3) is 7.43. The van der Waals surface area contributed by atoms with Gasteiger partial charge in [-0.05, 0) is 24.1 Å². The lowest BCUT2D eigenvalue weighted by atomic mass is 10.2. The molecule has 0 atom stereocenters. The van der Waals surface area contributed by atoms with Crippen molar-refractivity contribution < 1.29 is 25.9 Å². The molecule has 0 bridgehead atoms. The van der Waals surface area contributed by atoms with Crippen molar-refractivity contribution in [2.24, 2.45) is 0 Å². The van der Waals surface area contributed by atoms with E-state index in [0.717, 1.165) is 17.9 Å². The summed E-state index contributed by atoms with van der Waals surface area (Å²) in [6.45, 7) is 4.33. The molecule has 14 heteroatoms. The van der Waals surface area contributed by atoms with E-state index < -0.39 is 25.1 Å². The highest BCUT2D eigenvalue weighted by Crippen LogP contribution is 2.32. The second kappa shape index (κ2) is 12.1. The molecule has 1 aromatic heterocycles. The molecule has 1 aliphatic heterocycles. The number of aromatic nitrogens is 1. The van der Waals surface area contributed by atoms with E-state index in [9.17, 15) is 26.9 Å². The Balaban J connectivity index is 1.85. The van der Waals surface area contributed by atoms with Gasteiger partial charge in [-0.1, -0.05) is 13.0 Å². The van der Waals surface area contributed by atoms with Gasteiger partial charge in [0.2, 0.25) is 10.0 Å². The Bertz CT molecular complexity index is 1250. The molecule has 2 aromatic rings. The van der Waals surface area contributed by atoms with Crippen LogP contribution in [0.1, 0.15) is 18.9 Å². The number of nitro groups is 1. The normalized spacial score (nSPS) is 15.6. The lowest BCUT2D eigenvalue weighted by Crippen LogP contribution is -2.48. The smallest absolute Gasteiger partial charge is 0.270 e. The third-order valence-corrected chi connectivity index (χ3v) is 8.25. The number of nitro benzene ring substituents is 1. The number of piperazine rings is 1. The molecular formula is C22H31N5O7S2. The van der Waals surface area contributed by atoms with Gasteiger partial charge < -0.3 is 4.90 Å². The topological polar surface area (TPSA) is 143 Å².